The zero-order valence-corrected chi connectivity index (χ0v) is 22.0. The average Bonchev–Trinajstić information content (AvgIpc) is 3.54. The minimum Gasteiger partial charge on any atom is -0.310 e. The van der Waals surface area contributed by atoms with Crippen LogP contribution in [0.1, 0.15) is 0 Å². The molecule has 0 spiro atoms. The number of thiophene rings is 1. The Morgan fingerprint density at radius 2 is 1.10 bits per heavy atom. The summed E-state index contributed by atoms with van der Waals surface area (Å²) in [4.78, 5) is 2.32. The molecule has 0 N–H and O–H groups in total. The molecule has 0 saturated carbocycles. The van der Waals surface area contributed by atoms with E-state index in [1.807, 2.05) is 11.3 Å². The Balaban J connectivity index is 1.40. The molecule has 0 unspecified atom stereocenters. The topological polar surface area (TPSA) is 8.17 Å². The highest BCUT2D eigenvalue weighted by Crippen LogP contribution is 2.44. The second-order valence-corrected chi connectivity index (χ2v) is 10.9. The third kappa shape index (κ3) is 3.48. The molecule has 3 heteroatoms. The third-order valence-electron chi connectivity index (χ3n) is 7.56. The molecule has 184 valence electrons. The number of benzene rings is 6. The van der Waals surface area contributed by atoms with E-state index in [1.54, 1.807) is 0 Å². The zero-order chi connectivity index (χ0) is 25.8. The van der Waals surface area contributed by atoms with Gasteiger partial charge in [-0.1, -0.05) is 84.9 Å². The highest BCUT2D eigenvalue weighted by molar-refractivity contribution is 7.26. The Labute approximate surface area is 230 Å². The van der Waals surface area contributed by atoms with E-state index >= 15 is 0 Å². The van der Waals surface area contributed by atoms with Crippen molar-refractivity contribution in [1.29, 1.82) is 0 Å². The van der Waals surface area contributed by atoms with Gasteiger partial charge >= 0.3 is 0 Å². The highest BCUT2D eigenvalue weighted by atomic mass is 32.1. The number of anilines is 3. The summed E-state index contributed by atoms with van der Waals surface area (Å²) in [5, 5.41) is 5.29. The van der Waals surface area contributed by atoms with Crippen LogP contribution in [0.5, 0.6) is 0 Å². The fourth-order valence-electron chi connectivity index (χ4n) is 5.89. The van der Waals surface area contributed by atoms with Crippen LogP contribution in [-0.2, 0) is 0 Å². The van der Waals surface area contributed by atoms with Gasteiger partial charge in [-0.15, -0.1) is 11.3 Å². The van der Waals surface area contributed by atoms with Crippen LogP contribution < -0.4 is 4.90 Å². The van der Waals surface area contributed by atoms with Gasteiger partial charge in [-0.05, 0) is 60.7 Å². The molecule has 39 heavy (non-hydrogen) atoms. The van der Waals surface area contributed by atoms with Crippen molar-refractivity contribution < 1.29 is 0 Å². The Hall–Kier alpha value is -4.86. The molecule has 0 aliphatic heterocycles. The summed E-state index contributed by atoms with van der Waals surface area (Å²) >= 11 is 1.90. The minimum atomic E-state index is 1.12. The summed E-state index contributed by atoms with van der Waals surface area (Å²) in [5.41, 5.74) is 7.00. The van der Waals surface area contributed by atoms with Crippen molar-refractivity contribution in [1.82, 2.24) is 4.57 Å². The first kappa shape index (κ1) is 22.2. The lowest BCUT2D eigenvalue weighted by molar-refractivity contribution is 1.17. The Kier molecular flexibility index (Phi) is 5.04. The van der Waals surface area contributed by atoms with Crippen molar-refractivity contribution in [3.05, 3.63) is 146 Å². The standard InChI is InChI=1S/C36H24N2S/c1-3-12-25(13-4-1)37(26-14-5-2-6-15-26)27-16-11-17-28(24-27)38-32-20-9-7-19-31(32)35-33(38)23-22-30-29-18-8-10-21-34(29)39-36(30)35/h1-24H. The van der Waals surface area contributed by atoms with Crippen LogP contribution in [0, 0.1) is 0 Å². The molecule has 0 fully saturated rings. The van der Waals surface area contributed by atoms with E-state index in [1.165, 1.54) is 42.0 Å². The van der Waals surface area contributed by atoms with Crippen LogP contribution in [0.3, 0.4) is 0 Å². The van der Waals surface area contributed by atoms with Crippen molar-refractivity contribution in [2.45, 2.75) is 0 Å². The second kappa shape index (κ2) is 8.87. The summed E-state index contributed by atoms with van der Waals surface area (Å²) in [5.74, 6) is 0. The van der Waals surface area contributed by atoms with E-state index in [2.05, 4.69) is 155 Å². The predicted octanol–water partition coefficient (Wildman–Crippen LogP) is 10.6. The molecule has 0 saturated heterocycles. The highest BCUT2D eigenvalue weighted by Gasteiger charge is 2.18. The minimum absolute atomic E-state index is 1.12. The lowest BCUT2D eigenvalue weighted by atomic mass is 10.1. The van der Waals surface area contributed by atoms with Gasteiger partial charge < -0.3 is 9.47 Å². The van der Waals surface area contributed by atoms with Gasteiger partial charge in [0.05, 0.1) is 11.0 Å². The lowest BCUT2D eigenvalue weighted by Crippen LogP contribution is -2.10. The monoisotopic (exact) mass is 516 g/mol. The Bertz CT molecular complexity index is 2080. The van der Waals surface area contributed by atoms with Crippen molar-refractivity contribution in [2.75, 3.05) is 4.90 Å². The van der Waals surface area contributed by atoms with E-state index < -0.39 is 0 Å². The summed E-state index contributed by atoms with van der Waals surface area (Å²) in [6.45, 7) is 0. The fourth-order valence-corrected chi connectivity index (χ4v) is 7.14. The van der Waals surface area contributed by atoms with Crippen LogP contribution in [0.25, 0.3) is 47.7 Å². The fraction of sp³-hybridized carbons (Fsp3) is 0. The van der Waals surface area contributed by atoms with Crippen molar-refractivity contribution >= 4 is 70.4 Å². The SMILES string of the molecule is c1ccc(N(c2ccccc2)c2cccc(-n3c4ccccc4c4c5sc6ccccc6c5ccc43)c2)cc1. The predicted molar refractivity (Wildman–Crippen MR) is 168 cm³/mol. The third-order valence-corrected chi connectivity index (χ3v) is 8.76. The summed E-state index contributed by atoms with van der Waals surface area (Å²) < 4.78 is 5.11. The van der Waals surface area contributed by atoms with Gasteiger partial charge in [0.25, 0.3) is 0 Å². The number of para-hydroxylation sites is 3. The Morgan fingerprint density at radius 1 is 0.462 bits per heavy atom. The van der Waals surface area contributed by atoms with Gasteiger partial charge in [-0.25, -0.2) is 0 Å². The van der Waals surface area contributed by atoms with E-state index in [-0.39, 0.29) is 0 Å². The molecule has 0 amide bonds. The van der Waals surface area contributed by atoms with E-state index in [0.29, 0.717) is 0 Å². The average molecular weight is 517 g/mol. The van der Waals surface area contributed by atoms with Crippen molar-refractivity contribution in [2.24, 2.45) is 0 Å². The van der Waals surface area contributed by atoms with Gasteiger partial charge in [-0.2, -0.15) is 0 Å². The molecule has 8 aromatic rings. The first-order valence-corrected chi connectivity index (χ1v) is 14.0. The van der Waals surface area contributed by atoms with Crippen LogP contribution in [0.4, 0.5) is 17.1 Å². The van der Waals surface area contributed by atoms with E-state index in [0.717, 1.165) is 22.7 Å². The van der Waals surface area contributed by atoms with E-state index in [9.17, 15) is 0 Å². The van der Waals surface area contributed by atoms with Gasteiger partial charge in [0, 0.05) is 53.7 Å². The molecular formula is C36H24N2S. The second-order valence-electron chi connectivity index (χ2n) is 9.81. The molecule has 2 heterocycles. The molecule has 2 aromatic heterocycles. The summed E-state index contributed by atoms with van der Waals surface area (Å²) in [7, 11) is 0. The van der Waals surface area contributed by atoms with Gasteiger partial charge in [0.15, 0.2) is 0 Å². The molecule has 2 nitrogen and oxygen atoms in total. The van der Waals surface area contributed by atoms with Gasteiger partial charge in [0.1, 0.15) is 0 Å². The van der Waals surface area contributed by atoms with Crippen molar-refractivity contribution in [3.8, 4) is 5.69 Å². The van der Waals surface area contributed by atoms with Gasteiger partial charge in [-0.3, -0.25) is 0 Å². The quantitative estimate of drug-likeness (QED) is 0.226. The molecule has 8 rings (SSSR count). The Morgan fingerprint density at radius 3 is 1.87 bits per heavy atom. The molecule has 0 aliphatic carbocycles. The van der Waals surface area contributed by atoms with Crippen LogP contribution in [0.2, 0.25) is 0 Å². The number of hydrogen-bond donors (Lipinski definition) is 0. The van der Waals surface area contributed by atoms with Crippen molar-refractivity contribution in [3.63, 3.8) is 0 Å². The molecule has 0 bridgehead atoms. The largest absolute Gasteiger partial charge is 0.310 e. The maximum absolute atomic E-state index is 2.42. The van der Waals surface area contributed by atoms with E-state index in [4.69, 9.17) is 0 Å². The number of nitrogens with zero attached hydrogens (tertiary/aromatic N) is 2. The summed E-state index contributed by atoms with van der Waals surface area (Å²) in [6.07, 6.45) is 0. The number of rotatable bonds is 4. The number of fused-ring (bicyclic) bond motifs is 7. The summed E-state index contributed by atoms with van der Waals surface area (Å²) in [6, 6.07) is 52.2. The molecule has 0 aliphatic rings. The zero-order valence-electron chi connectivity index (χ0n) is 21.2. The van der Waals surface area contributed by atoms with Crippen LogP contribution in [0.15, 0.2) is 146 Å². The smallest absolute Gasteiger partial charge is 0.0555 e. The number of aromatic nitrogens is 1. The molecular weight excluding hydrogens is 492 g/mol. The molecule has 6 aromatic carbocycles. The maximum Gasteiger partial charge on any atom is 0.0555 e. The maximum atomic E-state index is 2.42. The van der Waals surface area contributed by atoms with Gasteiger partial charge in [0.2, 0.25) is 0 Å². The first-order chi connectivity index (χ1) is 19.4. The number of hydrogen-bond acceptors (Lipinski definition) is 2. The van der Waals surface area contributed by atoms with Crippen LogP contribution in [-0.4, -0.2) is 4.57 Å². The lowest BCUT2D eigenvalue weighted by Gasteiger charge is -2.26. The molecule has 0 radical (unpaired) electrons. The van der Waals surface area contributed by atoms with Crippen LogP contribution >= 0.6 is 11.3 Å². The molecule has 0 atom stereocenters. The normalized spacial score (nSPS) is 11.6. The first-order valence-electron chi connectivity index (χ1n) is 13.2.